The Morgan fingerprint density at radius 3 is 2.63 bits per heavy atom. The molecule has 0 bridgehead atoms. The van der Waals surface area contributed by atoms with Gasteiger partial charge in [0, 0.05) is 10.9 Å². The first-order valence-electron chi connectivity index (χ1n) is 5.24. The van der Waals surface area contributed by atoms with Crippen LogP contribution in [0.3, 0.4) is 0 Å². The maximum atomic E-state index is 11.0. The molecule has 0 radical (unpaired) electrons. The van der Waals surface area contributed by atoms with Crippen LogP contribution in [0.1, 0.15) is 9.80 Å². The summed E-state index contributed by atoms with van der Waals surface area (Å²) in [5.41, 5.74) is 6.52. The van der Waals surface area contributed by atoms with Gasteiger partial charge < -0.3 is 15.2 Å². The average molecular weight is 299 g/mol. The molecule has 0 atom stereocenters. The Balaban J connectivity index is 2.50. The van der Waals surface area contributed by atoms with Gasteiger partial charge in [0.1, 0.15) is 0 Å². The number of methoxy groups -OCH3 is 2. The van der Waals surface area contributed by atoms with Crippen molar-refractivity contribution in [3.8, 4) is 22.8 Å². The van der Waals surface area contributed by atoms with Crippen LogP contribution in [0, 0.1) is 0 Å². The third kappa shape index (κ3) is 2.64. The van der Waals surface area contributed by atoms with E-state index in [0.29, 0.717) is 22.2 Å². The van der Waals surface area contributed by atoms with Gasteiger partial charge in [-0.2, -0.15) is 0 Å². The summed E-state index contributed by atoms with van der Waals surface area (Å²) in [4.78, 5) is 15.2. The Kier molecular flexibility index (Phi) is 3.92. The number of nitrogens with two attached hydrogens (primary N) is 1. The van der Waals surface area contributed by atoms with Crippen molar-refractivity contribution in [2.24, 2.45) is 5.73 Å². The fraction of sp³-hybridized carbons (Fsp3) is 0.167. The van der Waals surface area contributed by atoms with E-state index in [4.69, 9.17) is 26.8 Å². The van der Waals surface area contributed by atoms with Gasteiger partial charge in [-0.1, -0.05) is 11.6 Å². The number of carbonyl (C=O) groups excluding carboxylic acids is 1. The number of halogens is 1. The molecule has 1 heterocycles. The third-order valence-electron chi connectivity index (χ3n) is 2.44. The zero-order valence-electron chi connectivity index (χ0n) is 10.3. The Hall–Kier alpha value is -1.79. The molecule has 0 spiro atoms. The van der Waals surface area contributed by atoms with Crippen molar-refractivity contribution in [1.29, 1.82) is 0 Å². The summed E-state index contributed by atoms with van der Waals surface area (Å²) in [6.45, 7) is 0. The number of hydrogen-bond donors (Lipinski definition) is 1. The molecule has 1 aromatic heterocycles. The molecule has 0 aliphatic carbocycles. The fourth-order valence-electron chi connectivity index (χ4n) is 1.59. The number of carbonyl (C=O) groups is 1. The lowest BCUT2D eigenvalue weighted by atomic mass is 10.1. The van der Waals surface area contributed by atoms with E-state index in [1.807, 2.05) is 0 Å². The van der Waals surface area contributed by atoms with Crippen LogP contribution in [0.5, 0.6) is 11.5 Å². The van der Waals surface area contributed by atoms with E-state index in [-0.39, 0.29) is 5.01 Å². The van der Waals surface area contributed by atoms with Crippen molar-refractivity contribution < 1.29 is 14.3 Å². The summed E-state index contributed by atoms with van der Waals surface area (Å²) in [5.74, 6) is 0.403. The van der Waals surface area contributed by atoms with Crippen LogP contribution in [-0.2, 0) is 0 Å². The van der Waals surface area contributed by atoms with Gasteiger partial charge in [0.2, 0.25) is 0 Å². The molecule has 100 valence electrons. The summed E-state index contributed by atoms with van der Waals surface area (Å²) < 4.78 is 10.4. The highest BCUT2D eigenvalue weighted by Crippen LogP contribution is 2.39. The van der Waals surface area contributed by atoms with E-state index in [1.165, 1.54) is 25.6 Å². The van der Waals surface area contributed by atoms with Crippen LogP contribution in [0.4, 0.5) is 0 Å². The molecule has 1 aromatic carbocycles. The minimum absolute atomic E-state index is 0.251. The lowest BCUT2D eigenvalue weighted by molar-refractivity contribution is 0.1000. The van der Waals surface area contributed by atoms with Crippen LogP contribution in [0.2, 0.25) is 5.02 Å². The SMILES string of the molecule is COc1cc(-c2csc(C(N)=O)n2)cc(Cl)c1OC. The molecule has 2 rings (SSSR count). The number of thiazole rings is 1. The van der Waals surface area contributed by atoms with Gasteiger partial charge in [-0.25, -0.2) is 4.98 Å². The number of ether oxygens (including phenoxy) is 2. The molecule has 0 saturated carbocycles. The molecule has 0 aliphatic rings. The zero-order valence-corrected chi connectivity index (χ0v) is 11.8. The first kappa shape index (κ1) is 13.6. The van der Waals surface area contributed by atoms with E-state index < -0.39 is 5.91 Å². The standard InChI is InChI=1S/C12H11ClN2O3S/c1-17-9-4-6(3-7(13)10(9)18-2)8-5-19-12(15-8)11(14)16/h3-5H,1-2H3,(H2,14,16). The molecule has 0 saturated heterocycles. The number of rotatable bonds is 4. The highest BCUT2D eigenvalue weighted by molar-refractivity contribution is 7.12. The number of hydrogen-bond acceptors (Lipinski definition) is 5. The van der Waals surface area contributed by atoms with Crippen molar-refractivity contribution in [2.45, 2.75) is 0 Å². The van der Waals surface area contributed by atoms with E-state index in [0.717, 1.165) is 5.56 Å². The molecular formula is C12H11ClN2O3S. The molecule has 0 fully saturated rings. The second-order valence-corrected chi connectivity index (χ2v) is 4.86. The van der Waals surface area contributed by atoms with Gasteiger partial charge in [0.05, 0.1) is 24.9 Å². The summed E-state index contributed by atoms with van der Waals surface area (Å²) in [7, 11) is 3.03. The van der Waals surface area contributed by atoms with Gasteiger partial charge in [0.15, 0.2) is 16.5 Å². The fourth-order valence-corrected chi connectivity index (χ4v) is 2.55. The molecule has 1 amide bonds. The van der Waals surface area contributed by atoms with Gasteiger partial charge >= 0.3 is 0 Å². The number of primary amides is 1. The second-order valence-electron chi connectivity index (χ2n) is 3.60. The normalized spacial score (nSPS) is 10.3. The average Bonchev–Trinajstić information content (AvgIpc) is 2.87. The van der Waals surface area contributed by atoms with E-state index in [2.05, 4.69) is 4.98 Å². The molecule has 2 N–H and O–H groups in total. The lowest BCUT2D eigenvalue weighted by Gasteiger charge is -2.10. The monoisotopic (exact) mass is 298 g/mol. The lowest BCUT2D eigenvalue weighted by Crippen LogP contribution is -2.10. The summed E-state index contributed by atoms with van der Waals surface area (Å²) in [5, 5.41) is 2.39. The van der Waals surface area contributed by atoms with Crippen molar-refractivity contribution >= 4 is 28.8 Å². The summed E-state index contributed by atoms with van der Waals surface area (Å²) >= 11 is 7.29. The number of nitrogens with zero attached hydrogens (tertiary/aromatic N) is 1. The molecule has 2 aromatic rings. The van der Waals surface area contributed by atoms with E-state index in [9.17, 15) is 4.79 Å². The largest absolute Gasteiger partial charge is 0.493 e. The predicted octanol–water partition coefficient (Wildman–Crippen LogP) is 2.58. The van der Waals surface area contributed by atoms with Gasteiger partial charge in [-0.05, 0) is 12.1 Å². The second kappa shape index (κ2) is 5.46. The maximum Gasteiger partial charge on any atom is 0.277 e. The quantitative estimate of drug-likeness (QED) is 0.941. The topological polar surface area (TPSA) is 74.4 Å². The van der Waals surface area contributed by atoms with E-state index >= 15 is 0 Å². The first-order valence-corrected chi connectivity index (χ1v) is 6.49. The Labute approximate surface area is 118 Å². The Morgan fingerprint density at radius 2 is 2.11 bits per heavy atom. The van der Waals surface area contributed by atoms with Gasteiger partial charge in [0.25, 0.3) is 5.91 Å². The molecule has 0 aliphatic heterocycles. The van der Waals surface area contributed by atoms with Crippen LogP contribution in [0.25, 0.3) is 11.3 Å². The van der Waals surface area contributed by atoms with Crippen molar-refractivity contribution in [3.63, 3.8) is 0 Å². The molecule has 5 nitrogen and oxygen atoms in total. The Morgan fingerprint density at radius 1 is 1.37 bits per heavy atom. The van der Waals surface area contributed by atoms with Crippen LogP contribution < -0.4 is 15.2 Å². The predicted molar refractivity (Wildman–Crippen MR) is 74.2 cm³/mol. The minimum atomic E-state index is -0.553. The molecule has 7 heteroatoms. The van der Waals surface area contributed by atoms with Crippen molar-refractivity contribution in [2.75, 3.05) is 14.2 Å². The highest BCUT2D eigenvalue weighted by atomic mass is 35.5. The van der Waals surface area contributed by atoms with Crippen LogP contribution in [-0.4, -0.2) is 25.1 Å². The maximum absolute atomic E-state index is 11.0. The van der Waals surface area contributed by atoms with Crippen molar-refractivity contribution in [3.05, 3.63) is 27.5 Å². The number of aromatic nitrogens is 1. The van der Waals surface area contributed by atoms with Crippen LogP contribution >= 0.6 is 22.9 Å². The zero-order chi connectivity index (χ0) is 14.0. The summed E-state index contributed by atoms with van der Waals surface area (Å²) in [6.07, 6.45) is 0. The Bertz CT molecular complexity index is 627. The third-order valence-corrected chi connectivity index (χ3v) is 3.58. The molecule has 19 heavy (non-hydrogen) atoms. The summed E-state index contributed by atoms with van der Waals surface area (Å²) in [6, 6.07) is 3.44. The molecular weight excluding hydrogens is 288 g/mol. The number of amides is 1. The van der Waals surface area contributed by atoms with Gasteiger partial charge in [-0.15, -0.1) is 11.3 Å². The molecule has 0 unspecified atom stereocenters. The minimum Gasteiger partial charge on any atom is -0.493 e. The number of benzene rings is 1. The van der Waals surface area contributed by atoms with Gasteiger partial charge in [-0.3, -0.25) is 4.79 Å². The smallest absolute Gasteiger partial charge is 0.277 e. The van der Waals surface area contributed by atoms with Crippen molar-refractivity contribution in [1.82, 2.24) is 4.98 Å². The van der Waals surface area contributed by atoms with E-state index in [1.54, 1.807) is 17.5 Å². The first-order chi connectivity index (χ1) is 9.06. The van der Waals surface area contributed by atoms with Crippen LogP contribution in [0.15, 0.2) is 17.5 Å². The highest BCUT2D eigenvalue weighted by Gasteiger charge is 2.14.